The molecule has 0 bridgehead atoms. The van der Waals surface area contributed by atoms with E-state index in [2.05, 4.69) is 0 Å². The molecule has 1 atom stereocenters. The largest absolute Gasteiger partial charge is 0.361 e. The Morgan fingerprint density at radius 3 is 2.60 bits per heavy atom. The molecule has 1 N–H and O–H groups in total. The third-order valence-electron chi connectivity index (χ3n) is 1.81. The zero-order valence-electron chi connectivity index (χ0n) is 6.24. The van der Waals surface area contributed by atoms with Gasteiger partial charge in [-0.25, -0.2) is 0 Å². The van der Waals surface area contributed by atoms with E-state index in [1.165, 1.54) is 0 Å². The maximum Gasteiger partial charge on any atom is 0.187 e. The summed E-state index contributed by atoms with van der Waals surface area (Å²) in [7, 11) is 1.81. The Hall–Kier alpha value is -0.190. The number of nitrogens with zero attached hydrogens (tertiary/aromatic N) is 2. The van der Waals surface area contributed by atoms with Crippen LogP contribution in [0.2, 0.25) is 0 Å². The van der Waals surface area contributed by atoms with Crippen LogP contribution < -0.4 is 0 Å². The second kappa shape index (κ2) is 2.82. The van der Waals surface area contributed by atoms with Crippen LogP contribution in [-0.2, 0) is 0 Å². The minimum absolute atomic E-state index is 0.502. The highest BCUT2D eigenvalue weighted by Gasteiger charge is 2.28. The number of likely N-dealkylation sites (N-methyl/N-ethyl adjacent to an activating group) is 2. The first-order valence-electron chi connectivity index (χ1n) is 3.34. The van der Waals surface area contributed by atoms with Gasteiger partial charge in [0.05, 0.1) is 11.5 Å². The van der Waals surface area contributed by atoms with Gasteiger partial charge < -0.3 is 10.0 Å². The van der Waals surface area contributed by atoms with Gasteiger partial charge in [-0.3, -0.25) is 4.90 Å². The molecule has 58 valence electrons. The predicted molar refractivity (Wildman–Crippen MR) is 43.6 cm³/mol. The van der Waals surface area contributed by atoms with Crippen LogP contribution in [-0.4, -0.2) is 46.4 Å². The van der Waals surface area contributed by atoms with Crippen molar-refractivity contribution >= 4 is 17.2 Å². The van der Waals surface area contributed by atoms with Crippen LogP contribution in [0, 0.1) is 0 Å². The summed E-state index contributed by atoms with van der Waals surface area (Å²) in [6.07, 6.45) is -0.502. The first kappa shape index (κ1) is 7.91. The standard InChI is InChI=1S/C6H12N2OS/c1-3-8-4-5(10)7(2)6(8)9/h6,9H,3-4H2,1-2H3. The lowest BCUT2D eigenvalue weighted by atomic mass is 10.6. The number of aliphatic hydroxyl groups excluding tert-OH is 1. The average Bonchev–Trinajstić information content (AvgIpc) is 2.17. The van der Waals surface area contributed by atoms with Crippen molar-refractivity contribution in [2.75, 3.05) is 20.1 Å². The van der Waals surface area contributed by atoms with Gasteiger partial charge in [0.2, 0.25) is 0 Å². The highest BCUT2D eigenvalue weighted by atomic mass is 32.1. The number of thiocarbonyl (C=S) groups is 1. The second-order valence-electron chi connectivity index (χ2n) is 2.41. The molecule has 3 nitrogen and oxygen atoms in total. The van der Waals surface area contributed by atoms with Crippen molar-refractivity contribution in [3.8, 4) is 0 Å². The lowest BCUT2D eigenvalue weighted by molar-refractivity contribution is -0.0335. The molecule has 4 heteroatoms. The Bertz CT molecular complexity index is 151. The number of aliphatic hydroxyl groups is 1. The summed E-state index contributed by atoms with van der Waals surface area (Å²) in [6, 6.07) is 0. The van der Waals surface area contributed by atoms with Gasteiger partial charge in [0.25, 0.3) is 0 Å². The smallest absolute Gasteiger partial charge is 0.187 e. The number of rotatable bonds is 1. The third-order valence-corrected chi connectivity index (χ3v) is 2.23. The number of hydrogen-bond donors (Lipinski definition) is 1. The molecule has 0 spiro atoms. The Balaban J connectivity index is 2.61. The van der Waals surface area contributed by atoms with Gasteiger partial charge in [-0.05, 0) is 6.54 Å². The molecule has 0 aromatic rings. The molecule has 1 saturated heterocycles. The maximum atomic E-state index is 9.39. The minimum atomic E-state index is -0.502. The molecule has 1 rings (SSSR count). The van der Waals surface area contributed by atoms with E-state index in [9.17, 15) is 5.11 Å². The lowest BCUT2D eigenvalue weighted by Gasteiger charge is -2.20. The van der Waals surface area contributed by atoms with Crippen LogP contribution in [0.4, 0.5) is 0 Å². The highest BCUT2D eigenvalue weighted by molar-refractivity contribution is 7.80. The van der Waals surface area contributed by atoms with Crippen LogP contribution in [0.15, 0.2) is 0 Å². The monoisotopic (exact) mass is 160 g/mol. The molecule has 1 fully saturated rings. The fourth-order valence-electron chi connectivity index (χ4n) is 1.02. The van der Waals surface area contributed by atoms with E-state index in [-0.39, 0.29) is 0 Å². The molecule has 1 heterocycles. The summed E-state index contributed by atoms with van der Waals surface area (Å²) in [6.45, 7) is 3.56. The van der Waals surface area contributed by atoms with Gasteiger partial charge in [-0.15, -0.1) is 0 Å². The normalized spacial score (nSPS) is 28.1. The van der Waals surface area contributed by atoms with Gasteiger partial charge in [0.1, 0.15) is 0 Å². The first-order valence-corrected chi connectivity index (χ1v) is 3.75. The van der Waals surface area contributed by atoms with E-state index in [4.69, 9.17) is 12.2 Å². The topological polar surface area (TPSA) is 26.7 Å². The summed E-state index contributed by atoms with van der Waals surface area (Å²) in [5.74, 6) is 0. The molecule has 0 aliphatic carbocycles. The molecule has 0 aromatic carbocycles. The quantitative estimate of drug-likeness (QED) is 0.540. The fraction of sp³-hybridized carbons (Fsp3) is 0.833. The molecule has 0 radical (unpaired) electrons. The van der Waals surface area contributed by atoms with Crippen LogP contribution in [0.3, 0.4) is 0 Å². The molecule has 10 heavy (non-hydrogen) atoms. The minimum Gasteiger partial charge on any atom is -0.361 e. The predicted octanol–water partition coefficient (Wildman–Crippen LogP) is -0.143. The Morgan fingerprint density at radius 2 is 2.40 bits per heavy atom. The summed E-state index contributed by atoms with van der Waals surface area (Å²) in [4.78, 5) is 4.43. The van der Waals surface area contributed by atoms with E-state index >= 15 is 0 Å². The summed E-state index contributed by atoms with van der Waals surface area (Å²) >= 11 is 4.99. The SMILES string of the molecule is CCN1CC(=S)N(C)C1O. The van der Waals surface area contributed by atoms with E-state index in [0.29, 0.717) is 6.54 Å². The molecular weight excluding hydrogens is 148 g/mol. The maximum absolute atomic E-state index is 9.39. The zero-order valence-corrected chi connectivity index (χ0v) is 7.06. The lowest BCUT2D eigenvalue weighted by Crippen LogP contribution is -2.36. The molecule has 1 aliphatic heterocycles. The van der Waals surface area contributed by atoms with E-state index in [1.807, 2.05) is 18.9 Å². The van der Waals surface area contributed by atoms with Gasteiger partial charge in [-0.2, -0.15) is 0 Å². The Kier molecular flexibility index (Phi) is 2.23. The number of hydrogen-bond acceptors (Lipinski definition) is 3. The third kappa shape index (κ3) is 1.14. The van der Waals surface area contributed by atoms with Gasteiger partial charge >= 0.3 is 0 Å². The molecule has 1 unspecified atom stereocenters. The van der Waals surface area contributed by atoms with E-state index in [0.717, 1.165) is 11.5 Å². The molecule has 0 saturated carbocycles. The van der Waals surface area contributed by atoms with Gasteiger partial charge in [0.15, 0.2) is 6.35 Å². The Labute approximate surface area is 66.2 Å². The van der Waals surface area contributed by atoms with Crippen LogP contribution in [0.25, 0.3) is 0 Å². The van der Waals surface area contributed by atoms with Crippen molar-refractivity contribution in [2.24, 2.45) is 0 Å². The first-order chi connectivity index (χ1) is 4.66. The molecule has 0 amide bonds. The molecule has 1 aliphatic rings. The summed E-state index contributed by atoms with van der Waals surface area (Å²) in [5, 5.41) is 9.39. The zero-order chi connectivity index (χ0) is 7.72. The van der Waals surface area contributed by atoms with E-state index < -0.39 is 6.35 Å². The van der Waals surface area contributed by atoms with Crippen molar-refractivity contribution in [1.82, 2.24) is 9.80 Å². The van der Waals surface area contributed by atoms with Gasteiger partial charge in [-0.1, -0.05) is 19.1 Å². The molecule has 0 aromatic heterocycles. The van der Waals surface area contributed by atoms with E-state index in [1.54, 1.807) is 4.90 Å². The summed E-state index contributed by atoms with van der Waals surface area (Å²) in [5.41, 5.74) is 0. The Morgan fingerprint density at radius 1 is 1.80 bits per heavy atom. The van der Waals surface area contributed by atoms with Crippen molar-refractivity contribution in [1.29, 1.82) is 0 Å². The van der Waals surface area contributed by atoms with Crippen molar-refractivity contribution in [3.05, 3.63) is 0 Å². The van der Waals surface area contributed by atoms with Gasteiger partial charge in [0, 0.05) is 7.05 Å². The van der Waals surface area contributed by atoms with Crippen LogP contribution in [0.1, 0.15) is 6.92 Å². The summed E-state index contributed by atoms with van der Waals surface area (Å²) < 4.78 is 0. The fourth-order valence-corrected chi connectivity index (χ4v) is 1.28. The molecular formula is C6H12N2OS. The van der Waals surface area contributed by atoms with Crippen molar-refractivity contribution < 1.29 is 5.11 Å². The second-order valence-corrected chi connectivity index (χ2v) is 2.89. The van der Waals surface area contributed by atoms with Crippen LogP contribution in [0.5, 0.6) is 0 Å². The highest BCUT2D eigenvalue weighted by Crippen LogP contribution is 2.10. The van der Waals surface area contributed by atoms with Crippen molar-refractivity contribution in [3.63, 3.8) is 0 Å². The van der Waals surface area contributed by atoms with Crippen LogP contribution >= 0.6 is 12.2 Å². The van der Waals surface area contributed by atoms with Crippen molar-refractivity contribution in [2.45, 2.75) is 13.3 Å². The average molecular weight is 160 g/mol.